The van der Waals surface area contributed by atoms with E-state index in [2.05, 4.69) is 29.6 Å². The highest BCUT2D eigenvalue weighted by Gasteiger charge is 2.37. The molecule has 0 saturated carbocycles. The van der Waals surface area contributed by atoms with Gasteiger partial charge in [-0.2, -0.15) is 0 Å². The minimum Gasteiger partial charge on any atom is -0.481 e. The Bertz CT molecular complexity index is 1260. The lowest BCUT2D eigenvalue weighted by atomic mass is 9.98. The second-order valence-electron chi connectivity index (χ2n) is 9.01. The van der Waals surface area contributed by atoms with Crippen molar-refractivity contribution in [2.75, 3.05) is 24.6 Å². The Labute approximate surface area is 203 Å². The molecule has 7 heteroatoms. The maximum Gasteiger partial charge on any atom is 0.407 e. The maximum atomic E-state index is 13.1. The van der Waals surface area contributed by atoms with E-state index in [9.17, 15) is 19.5 Å². The summed E-state index contributed by atoms with van der Waals surface area (Å²) in [6.07, 6.45) is -0.586. The van der Waals surface area contributed by atoms with Gasteiger partial charge < -0.3 is 20.1 Å². The second kappa shape index (κ2) is 9.25. The molecule has 0 fully saturated rings. The van der Waals surface area contributed by atoms with E-state index in [1.165, 1.54) is 4.90 Å². The molecule has 3 aromatic rings. The molecule has 7 nitrogen and oxygen atoms in total. The van der Waals surface area contributed by atoms with Crippen molar-refractivity contribution >= 4 is 23.7 Å². The summed E-state index contributed by atoms with van der Waals surface area (Å²) in [4.78, 5) is 38.7. The van der Waals surface area contributed by atoms with E-state index in [0.29, 0.717) is 11.3 Å². The fraction of sp³-hybridized carbons (Fsp3) is 0.250. The third-order valence-corrected chi connectivity index (χ3v) is 6.85. The smallest absolute Gasteiger partial charge is 0.407 e. The third kappa shape index (κ3) is 4.14. The average Bonchev–Trinajstić information content (AvgIpc) is 3.42. The normalized spacial score (nSPS) is 16.7. The van der Waals surface area contributed by atoms with Crippen LogP contribution >= 0.6 is 0 Å². The number of hydrogen-bond acceptors (Lipinski definition) is 4. The first-order chi connectivity index (χ1) is 17.0. The Morgan fingerprint density at radius 3 is 2.14 bits per heavy atom. The molecule has 0 bridgehead atoms. The van der Waals surface area contributed by atoms with Gasteiger partial charge in [0.15, 0.2) is 0 Å². The fourth-order valence-corrected chi connectivity index (χ4v) is 5.07. The predicted octanol–water partition coefficient (Wildman–Crippen LogP) is 4.38. The summed E-state index contributed by atoms with van der Waals surface area (Å²) >= 11 is 0. The van der Waals surface area contributed by atoms with Gasteiger partial charge in [-0.3, -0.25) is 9.59 Å². The maximum absolute atomic E-state index is 13.1. The van der Waals surface area contributed by atoms with Crippen molar-refractivity contribution in [2.24, 2.45) is 5.92 Å². The zero-order valence-electron chi connectivity index (χ0n) is 19.3. The fourth-order valence-electron chi connectivity index (χ4n) is 5.07. The zero-order chi connectivity index (χ0) is 24.5. The molecular formula is C28H26N2O5. The summed E-state index contributed by atoms with van der Waals surface area (Å²) in [5.41, 5.74) is 5.81. The number of benzene rings is 3. The van der Waals surface area contributed by atoms with E-state index >= 15 is 0 Å². The van der Waals surface area contributed by atoms with E-state index in [4.69, 9.17) is 4.74 Å². The standard InChI is InChI=1S/C28H26N2O5/c1-17(26(31)30-15-23(27(32)33)22-12-6-7-13-25(22)30)14-29-28(34)35-16-24-20-10-4-2-8-18(20)19-9-3-5-11-21(19)24/h2-13,17,23-24H,14-16H2,1H3,(H,29,34)(H,32,33). The number of carboxylic acids is 1. The van der Waals surface area contributed by atoms with Crippen LogP contribution in [0.4, 0.5) is 10.5 Å². The summed E-state index contributed by atoms with van der Waals surface area (Å²) in [6.45, 7) is 2.08. The van der Waals surface area contributed by atoms with Crippen molar-refractivity contribution in [3.8, 4) is 11.1 Å². The van der Waals surface area contributed by atoms with Gasteiger partial charge in [-0.05, 0) is 33.9 Å². The molecule has 0 radical (unpaired) electrons. The highest BCUT2D eigenvalue weighted by atomic mass is 16.5. The number of fused-ring (bicyclic) bond motifs is 4. The van der Waals surface area contributed by atoms with Crippen molar-refractivity contribution in [2.45, 2.75) is 18.8 Å². The molecule has 0 spiro atoms. The van der Waals surface area contributed by atoms with Gasteiger partial charge >= 0.3 is 12.1 Å². The number of carboxylic acid groups (broad SMARTS) is 1. The first-order valence-electron chi connectivity index (χ1n) is 11.7. The van der Waals surface area contributed by atoms with E-state index < -0.39 is 23.9 Å². The first kappa shape index (κ1) is 22.7. The van der Waals surface area contributed by atoms with Crippen LogP contribution in [0.15, 0.2) is 72.8 Å². The summed E-state index contributed by atoms with van der Waals surface area (Å²) in [5.74, 6) is -2.54. The average molecular weight is 471 g/mol. The van der Waals surface area contributed by atoms with Crippen LogP contribution < -0.4 is 10.2 Å². The topological polar surface area (TPSA) is 95.9 Å². The lowest BCUT2D eigenvalue weighted by Gasteiger charge is -2.22. The second-order valence-corrected chi connectivity index (χ2v) is 9.01. The Hall–Kier alpha value is -4.13. The Kier molecular flexibility index (Phi) is 5.99. The van der Waals surface area contributed by atoms with Gasteiger partial charge in [0.2, 0.25) is 5.91 Å². The predicted molar refractivity (Wildman–Crippen MR) is 131 cm³/mol. The summed E-state index contributed by atoms with van der Waals surface area (Å²) in [5, 5.41) is 12.2. The number of rotatable bonds is 6. The monoisotopic (exact) mass is 470 g/mol. The quantitative estimate of drug-likeness (QED) is 0.558. The summed E-state index contributed by atoms with van der Waals surface area (Å²) < 4.78 is 5.55. The summed E-state index contributed by atoms with van der Waals surface area (Å²) in [6, 6.07) is 23.3. The van der Waals surface area contributed by atoms with Crippen LogP contribution in [0.2, 0.25) is 0 Å². The molecule has 3 aromatic carbocycles. The molecule has 0 saturated heterocycles. The number of ether oxygens (including phenoxy) is 1. The van der Waals surface area contributed by atoms with Crippen LogP contribution in [0.5, 0.6) is 0 Å². The number of nitrogens with one attached hydrogen (secondary N) is 1. The molecule has 1 heterocycles. The molecule has 5 rings (SSSR count). The van der Waals surface area contributed by atoms with Crippen LogP contribution in [0.25, 0.3) is 11.1 Å². The zero-order valence-corrected chi connectivity index (χ0v) is 19.3. The Balaban J connectivity index is 1.19. The van der Waals surface area contributed by atoms with Crippen LogP contribution in [0.3, 0.4) is 0 Å². The molecule has 2 atom stereocenters. The Morgan fingerprint density at radius 1 is 0.943 bits per heavy atom. The van der Waals surface area contributed by atoms with Gasteiger partial charge in [0.25, 0.3) is 0 Å². The van der Waals surface area contributed by atoms with Gasteiger partial charge in [0.1, 0.15) is 12.5 Å². The van der Waals surface area contributed by atoms with E-state index in [1.54, 1.807) is 31.2 Å². The number of amides is 2. The van der Waals surface area contributed by atoms with E-state index in [1.807, 2.05) is 24.3 Å². The van der Waals surface area contributed by atoms with E-state index in [0.717, 1.165) is 22.3 Å². The SMILES string of the molecule is CC(CNC(=O)OCC1c2ccccc2-c2ccccc21)C(=O)N1CC(C(=O)O)c2ccccc21. The van der Waals surface area contributed by atoms with Crippen molar-refractivity contribution < 1.29 is 24.2 Å². The molecule has 178 valence electrons. The molecular weight excluding hydrogens is 444 g/mol. The van der Waals surface area contributed by atoms with Crippen molar-refractivity contribution in [1.29, 1.82) is 0 Å². The molecule has 1 aliphatic carbocycles. The third-order valence-electron chi connectivity index (χ3n) is 6.85. The van der Waals surface area contributed by atoms with Crippen molar-refractivity contribution in [3.63, 3.8) is 0 Å². The molecule has 2 unspecified atom stereocenters. The van der Waals surface area contributed by atoms with Gasteiger partial charge in [-0.15, -0.1) is 0 Å². The molecule has 2 amide bonds. The molecule has 1 aliphatic heterocycles. The van der Waals surface area contributed by atoms with Crippen LogP contribution in [-0.2, 0) is 14.3 Å². The molecule has 2 N–H and O–H groups in total. The number of alkyl carbamates (subject to hydrolysis) is 1. The molecule has 0 aromatic heterocycles. The minimum absolute atomic E-state index is 0.0405. The van der Waals surface area contributed by atoms with Crippen molar-refractivity contribution in [1.82, 2.24) is 5.32 Å². The van der Waals surface area contributed by atoms with Crippen LogP contribution in [0.1, 0.15) is 35.4 Å². The minimum atomic E-state index is -0.961. The van der Waals surface area contributed by atoms with Gasteiger partial charge in [-0.1, -0.05) is 73.7 Å². The summed E-state index contributed by atoms with van der Waals surface area (Å²) in [7, 11) is 0. The van der Waals surface area contributed by atoms with Gasteiger partial charge in [-0.25, -0.2) is 4.79 Å². The lowest BCUT2D eigenvalue weighted by molar-refractivity contribution is -0.138. The van der Waals surface area contributed by atoms with Crippen LogP contribution in [0, 0.1) is 5.92 Å². The lowest BCUT2D eigenvalue weighted by Crippen LogP contribution is -2.40. The number of aliphatic carboxylic acids is 1. The van der Waals surface area contributed by atoms with Gasteiger partial charge in [0.05, 0.1) is 5.92 Å². The highest BCUT2D eigenvalue weighted by molar-refractivity contribution is 6.00. The number of carbonyl (C=O) groups excluding carboxylic acids is 2. The number of para-hydroxylation sites is 1. The molecule has 2 aliphatic rings. The number of carbonyl (C=O) groups is 3. The molecule has 35 heavy (non-hydrogen) atoms. The Morgan fingerprint density at radius 2 is 1.51 bits per heavy atom. The largest absolute Gasteiger partial charge is 0.481 e. The highest BCUT2D eigenvalue weighted by Crippen LogP contribution is 2.44. The number of hydrogen-bond donors (Lipinski definition) is 2. The van der Waals surface area contributed by atoms with Crippen molar-refractivity contribution in [3.05, 3.63) is 89.5 Å². The van der Waals surface area contributed by atoms with Gasteiger partial charge in [0, 0.05) is 24.7 Å². The number of anilines is 1. The van der Waals surface area contributed by atoms with Crippen LogP contribution in [-0.4, -0.2) is 42.8 Å². The first-order valence-corrected chi connectivity index (χ1v) is 11.7. The number of nitrogens with zero attached hydrogens (tertiary/aromatic N) is 1. The van der Waals surface area contributed by atoms with E-state index in [-0.39, 0.29) is 31.5 Å².